The van der Waals surface area contributed by atoms with E-state index in [1.807, 2.05) is 12.1 Å². The number of fused-ring (bicyclic) bond motifs is 1. The second-order valence-electron chi connectivity index (χ2n) is 7.50. The summed E-state index contributed by atoms with van der Waals surface area (Å²) in [7, 11) is 1.58. The van der Waals surface area contributed by atoms with Gasteiger partial charge in [0, 0.05) is 0 Å². The molecule has 174 valence electrons. The van der Waals surface area contributed by atoms with Gasteiger partial charge in [0.1, 0.15) is 11.9 Å². The maximum Gasteiger partial charge on any atom is 0.330 e. The molecular formula is C25H26O8. The number of hydrogen-bond acceptors (Lipinski definition) is 8. The molecule has 4 rings (SSSR count). The van der Waals surface area contributed by atoms with Crippen LogP contribution in [0.4, 0.5) is 0 Å². The summed E-state index contributed by atoms with van der Waals surface area (Å²) in [6, 6.07) is 12.5. The fourth-order valence-corrected chi connectivity index (χ4v) is 4.11. The number of methoxy groups -OCH3 is 1. The average molecular weight is 454 g/mol. The Morgan fingerprint density at radius 2 is 1.67 bits per heavy atom. The molecule has 0 saturated carbocycles. The van der Waals surface area contributed by atoms with Crippen molar-refractivity contribution in [2.45, 2.75) is 20.0 Å². The maximum absolute atomic E-state index is 13.5. The van der Waals surface area contributed by atoms with Gasteiger partial charge in [-0.1, -0.05) is 24.3 Å². The highest BCUT2D eigenvalue weighted by molar-refractivity contribution is 6.06. The lowest BCUT2D eigenvalue weighted by Crippen LogP contribution is -2.45. The number of carbonyl (C=O) groups excluding carboxylic acids is 2. The van der Waals surface area contributed by atoms with Crippen LogP contribution in [0.5, 0.6) is 17.2 Å². The highest BCUT2D eigenvalue weighted by Crippen LogP contribution is 2.52. The van der Waals surface area contributed by atoms with Crippen molar-refractivity contribution in [3.63, 3.8) is 0 Å². The summed E-state index contributed by atoms with van der Waals surface area (Å²) in [5.74, 6) is 0.362. The third-order valence-electron chi connectivity index (χ3n) is 5.66. The van der Waals surface area contributed by atoms with Crippen molar-refractivity contribution >= 4 is 18.0 Å². The van der Waals surface area contributed by atoms with Crippen LogP contribution in [0.15, 0.2) is 48.0 Å². The van der Waals surface area contributed by atoms with E-state index in [0.29, 0.717) is 28.4 Å². The van der Waals surface area contributed by atoms with E-state index in [-0.39, 0.29) is 26.6 Å². The summed E-state index contributed by atoms with van der Waals surface area (Å²) in [5, 5.41) is 0. The van der Waals surface area contributed by atoms with E-state index < -0.39 is 23.5 Å². The first-order chi connectivity index (χ1) is 16.0. The Morgan fingerprint density at radius 3 is 2.30 bits per heavy atom. The first-order valence-corrected chi connectivity index (χ1v) is 10.7. The van der Waals surface area contributed by atoms with E-state index >= 15 is 0 Å². The van der Waals surface area contributed by atoms with Crippen LogP contribution in [0.1, 0.15) is 31.1 Å². The molecule has 2 aliphatic heterocycles. The van der Waals surface area contributed by atoms with E-state index in [1.165, 1.54) is 0 Å². The highest BCUT2D eigenvalue weighted by atomic mass is 16.7. The van der Waals surface area contributed by atoms with Gasteiger partial charge in [-0.3, -0.25) is 9.59 Å². The molecule has 2 aromatic rings. The fourth-order valence-electron chi connectivity index (χ4n) is 4.11. The molecule has 0 radical (unpaired) electrons. The molecule has 33 heavy (non-hydrogen) atoms. The van der Waals surface area contributed by atoms with Gasteiger partial charge in [0.25, 0.3) is 0 Å². The summed E-state index contributed by atoms with van der Waals surface area (Å²) >= 11 is 0. The Kier molecular flexibility index (Phi) is 6.55. The zero-order chi connectivity index (χ0) is 23.4. The summed E-state index contributed by atoms with van der Waals surface area (Å²) < 4.78 is 33.0. The van der Waals surface area contributed by atoms with Gasteiger partial charge in [-0.25, -0.2) is 0 Å². The average Bonchev–Trinajstić information content (AvgIpc) is 3.44. The van der Waals surface area contributed by atoms with E-state index in [0.717, 1.165) is 5.56 Å². The first kappa shape index (κ1) is 22.7. The third kappa shape index (κ3) is 4.02. The lowest BCUT2D eigenvalue weighted by Gasteiger charge is -2.30. The quantitative estimate of drug-likeness (QED) is 0.462. The molecule has 0 N–H and O–H groups in total. The van der Waals surface area contributed by atoms with Crippen LogP contribution in [0.2, 0.25) is 0 Å². The molecule has 8 nitrogen and oxygen atoms in total. The minimum absolute atomic E-state index is 0.0444. The predicted molar refractivity (Wildman–Crippen MR) is 118 cm³/mol. The number of rotatable bonds is 7. The molecule has 0 bridgehead atoms. The van der Waals surface area contributed by atoms with Crippen LogP contribution in [-0.2, 0) is 23.8 Å². The minimum Gasteiger partial charge on any atom is -0.497 e. The van der Waals surface area contributed by atoms with Crippen molar-refractivity contribution in [3.05, 3.63) is 59.2 Å². The molecule has 1 fully saturated rings. The predicted octanol–water partition coefficient (Wildman–Crippen LogP) is 3.69. The van der Waals surface area contributed by atoms with Crippen LogP contribution < -0.4 is 14.2 Å². The van der Waals surface area contributed by atoms with Crippen LogP contribution in [0.25, 0.3) is 6.08 Å². The molecule has 8 heteroatoms. The number of esters is 2. The largest absolute Gasteiger partial charge is 0.497 e. The van der Waals surface area contributed by atoms with E-state index in [9.17, 15) is 9.59 Å². The zero-order valence-corrected chi connectivity index (χ0v) is 18.8. The Bertz CT molecular complexity index is 1040. The number of carbonyl (C=O) groups is 2. The molecule has 0 amide bonds. The normalized spacial score (nSPS) is 19.4. The Hall–Kier alpha value is -3.52. The molecule has 0 spiro atoms. The van der Waals surface area contributed by atoms with Crippen molar-refractivity contribution < 1.29 is 38.0 Å². The molecule has 2 heterocycles. The minimum atomic E-state index is -1.81. The molecule has 2 aromatic carbocycles. The third-order valence-corrected chi connectivity index (χ3v) is 5.66. The molecule has 0 aromatic heterocycles. The lowest BCUT2D eigenvalue weighted by molar-refractivity contribution is -0.174. The second-order valence-corrected chi connectivity index (χ2v) is 7.50. The van der Waals surface area contributed by atoms with E-state index in [2.05, 4.69) is 0 Å². The van der Waals surface area contributed by atoms with Crippen molar-refractivity contribution in [3.8, 4) is 17.2 Å². The molecule has 1 atom stereocenters. The summed E-state index contributed by atoms with van der Waals surface area (Å²) in [6.45, 7) is 3.73. The summed E-state index contributed by atoms with van der Waals surface area (Å²) in [4.78, 5) is 27.0. The standard InChI is InChI=1S/C25H26O8/c1-4-29-23(26)25(24(27)30-5-2)18(12-16-6-9-19(28-3)10-7-16)14-31-22(25)17-8-11-20-21(13-17)33-15-32-20/h6-13,22H,4-5,14-15H2,1-3H3/b18-12+. The van der Waals surface area contributed by atoms with Gasteiger partial charge >= 0.3 is 11.9 Å². The van der Waals surface area contributed by atoms with Gasteiger partial charge in [-0.15, -0.1) is 0 Å². The Balaban J connectivity index is 1.85. The maximum atomic E-state index is 13.5. The zero-order valence-electron chi connectivity index (χ0n) is 18.8. The number of benzene rings is 2. The van der Waals surface area contributed by atoms with Gasteiger partial charge in [0.05, 0.1) is 26.9 Å². The van der Waals surface area contributed by atoms with Gasteiger partial charge < -0.3 is 28.4 Å². The topological polar surface area (TPSA) is 89.5 Å². The van der Waals surface area contributed by atoms with Crippen molar-refractivity contribution in [2.75, 3.05) is 33.7 Å². The molecule has 1 saturated heterocycles. The van der Waals surface area contributed by atoms with E-state index in [4.69, 9.17) is 28.4 Å². The van der Waals surface area contributed by atoms with Crippen LogP contribution in [0, 0.1) is 5.41 Å². The van der Waals surface area contributed by atoms with Gasteiger partial charge in [-0.2, -0.15) is 0 Å². The Labute approximate surface area is 192 Å². The summed E-state index contributed by atoms with van der Waals surface area (Å²) in [5.41, 5.74) is 0.00375. The monoisotopic (exact) mass is 454 g/mol. The summed E-state index contributed by atoms with van der Waals surface area (Å²) in [6.07, 6.45) is 0.801. The van der Waals surface area contributed by atoms with Crippen molar-refractivity contribution in [2.24, 2.45) is 5.41 Å². The van der Waals surface area contributed by atoms with Crippen LogP contribution >= 0.6 is 0 Å². The Morgan fingerprint density at radius 1 is 1.00 bits per heavy atom. The molecule has 2 aliphatic rings. The van der Waals surface area contributed by atoms with Crippen LogP contribution in [0.3, 0.4) is 0 Å². The molecule has 1 unspecified atom stereocenters. The highest BCUT2D eigenvalue weighted by Gasteiger charge is 2.62. The van der Waals surface area contributed by atoms with E-state index in [1.54, 1.807) is 57.4 Å². The number of hydrogen-bond donors (Lipinski definition) is 0. The second kappa shape index (κ2) is 9.54. The lowest BCUT2D eigenvalue weighted by atomic mass is 9.74. The van der Waals surface area contributed by atoms with Crippen molar-refractivity contribution in [1.82, 2.24) is 0 Å². The first-order valence-electron chi connectivity index (χ1n) is 10.7. The smallest absolute Gasteiger partial charge is 0.330 e. The molecular weight excluding hydrogens is 428 g/mol. The number of ether oxygens (including phenoxy) is 6. The van der Waals surface area contributed by atoms with Gasteiger partial charge in [0.2, 0.25) is 12.2 Å². The van der Waals surface area contributed by atoms with Crippen LogP contribution in [-0.4, -0.2) is 45.7 Å². The SMILES string of the molecule is CCOC(=O)C1(C(=O)OCC)/C(=C/c2ccc(OC)cc2)COC1c1ccc2c(c1)OCO2. The van der Waals surface area contributed by atoms with Gasteiger partial charge in [-0.05, 0) is 54.8 Å². The fraction of sp³-hybridized carbons (Fsp3) is 0.360. The van der Waals surface area contributed by atoms with Crippen molar-refractivity contribution in [1.29, 1.82) is 0 Å². The van der Waals surface area contributed by atoms with Gasteiger partial charge in [0.15, 0.2) is 11.5 Å². The molecule has 0 aliphatic carbocycles.